The lowest BCUT2D eigenvalue weighted by molar-refractivity contribution is 0.338. The van der Waals surface area contributed by atoms with Crippen LogP contribution in [0.3, 0.4) is 0 Å². The van der Waals surface area contributed by atoms with Gasteiger partial charge in [0.1, 0.15) is 5.52 Å². The van der Waals surface area contributed by atoms with Gasteiger partial charge in [-0.3, -0.25) is 0 Å². The molecule has 1 aliphatic rings. The van der Waals surface area contributed by atoms with E-state index in [-0.39, 0.29) is 0 Å². The number of fused-ring (bicyclic) bond motifs is 1. The van der Waals surface area contributed by atoms with Gasteiger partial charge in [0.25, 0.3) is 6.01 Å². The summed E-state index contributed by atoms with van der Waals surface area (Å²) in [4.78, 5) is 6.72. The molecule has 0 saturated carbocycles. The lowest BCUT2D eigenvalue weighted by Gasteiger charge is -2.32. The maximum absolute atomic E-state index is 6.10. The Balaban J connectivity index is 2.03. The van der Waals surface area contributed by atoms with Gasteiger partial charge in [-0.25, -0.2) is 0 Å². The van der Waals surface area contributed by atoms with E-state index in [0.717, 1.165) is 25.2 Å². The van der Waals surface area contributed by atoms with Crippen LogP contribution in [0.5, 0.6) is 5.75 Å². The average molecular weight is 296 g/mol. The third-order valence-electron chi connectivity index (χ3n) is 3.46. The SMILES string of the molecule is CCOc1cc(Cl)cc2nc(N3CCNC[C@@H]3C)oc12. The topological polar surface area (TPSA) is 50.5 Å². The Labute approximate surface area is 122 Å². The molecule has 108 valence electrons. The number of hydrogen-bond donors (Lipinski definition) is 1. The first-order chi connectivity index (χ1) is 9.69. The Kier molecular flexibility index (Phi) is 3.72. The predicted octanol–water partition coefficient (Wildman–Crippen LogP) is 2.68. The fourth-order valence-corrected chi connectivity index (χ4v) is 2.67. The Hall–Kier alpha value is -1.46. The number of anilines is 1. The van der Waals surface area contributed by atoms with Crippen LogP contribution in [0.1, 0.15) is 13.8 Å². The average Bonchev–Trinajstić information content (AvgIpc) is 2.83. The highest BCUT2D eigenvalue weighted by atomic mass is 35.5. The van der Waals surface area contributed by atoms with Gasteiger partial charge in [-0.05, 0) is 19.9 Å². The maximum atomic E-state index is 6.10. The van der Waals surface area contributed by atoms with Gasteiger partial charge < -0.3 is 19.4 Å². The minimum Gasteiger partial charge on any atom is -0.490 e. The van der Waals surface area contributed by atoms with Crippen molar-refractivity contribution in [1.29, 1.82) is 0 Å². The molecule has 3 rings (SSSR count). The number of hydrogen-bond acceptors (Lipinski definition) is 5. The molecule has 0 radical (unpaired) electrons. The predicted molar refractivity (Wildman–Crippen MR) is 79.9 cm³/mol. The van der Waals surface area contributed by atoms with Crippen LogP contribution >= 0.6 is 11.6 Å². The van der Waals surface area contributed by atoms with Crippen molar-refractivity contribution in [2.75, 3.05) is 31.1 Å². The summed E-state index contributed by atoms with van der Waals surface area (Å²) < 4.78 is 11.5. The molecule has 2 aromatic rings. The maximum Gasteiger partial charge on any atom is 0.298 e. The molecular weight excluding hydrogens is 278 g/mol. The molecule has 1 saturated heterocycles. The molecule has 0 unspecified atom stereocenters. The van der Waals surface area contributed by atoms with Crippen molar-refractivity contribution in [3.05, 3.63) is 17.2 Å². The summed E-state index contributed by atoms with van der Waals surface area (Å²) >= 11 is 6.10. The summed E-state index contributed by atoms with van der Waals surface area (Å²) in [5, 5.41) is 3.96. The van der Waals surface area contributed by atoms with E-state index in [1.807, 2.05) is 6.92 Å². The fourth-order valence-electron chi connectivity index (χ4n) is 2.47. The zero-order valence-electron chi connectivity index (χ0n) is 11.6. The summed E-state index contributed by atoms with van der Waals surface area (Å²) in [6, 6.07) is 4.56. The standard InChI is InChI=1S/C14H18ClN3O2/c1-3-19-12-7-10(15)6-11-13(12)20-14(17-11)18-5-4-16-8-9(18)2/h6-7,9,16H,3-5,8H2,1-2H3/t9-/m0/s1. The van der Waals surface area contributed by atoms with Crippen molar-refractivity contribution in [1.82, 2.24) is 10.3 Å². The molecule has 1 aromatic heterocycles. The second-order valence-electron chi connectivity index (χ2n) is 4.93. The van der Waals surface area contributed by atoms with Gasteiger partial charge in [-0.1, -0.05) is 11.6 Å². The third kappa shape index (κ3) is 2.43. The monoisotopic (exact) mass is 295 g/mol. The van der Waals surface area contributed by atoms with E-state index < -0.39 is 0 Å². The van der Waals surface area contributed by atoms with Crippen molar-refractivity contribution in [3.8, 4) is 5.75 Å². The summed E-state index contributed by atoms with van der Waals surface area (Å²) in [7, 11) is 0. The summed E-state index contributed by atoms with van der Waals surface area (Å²) in [5.74, 6) is 0.650. The normalized spacial score (nSPS) is 19.6. The van der Waals surface area contributed by atoms with Crippen molar-refractivity contribution in [2.45, 2.75) is 19.9 Å². The van der Waals surface area contributed by atoms with Gasteiger partial charge >= 0.3 is 0 Å². The summed E-state index contributed by atoms with van der Waals surface area (Å²) in [6.45, 7) is 7.39. The molecule has 0 amide bonds. The van der Waals surface area contributed by atoms with E-state index in [0.29, 0.717) is 35.0 Å². The highest BCUT2D eigenvalue weighted by Gasteiger charge is 2.23. The first-order valence-electron chi connectivity index (χ1n) is 6.89. The number of rotatable bonds is 3. The van der Waals surface area contributed by atoms with Crippen LogP contribution in [0.2, 0.25) is 5.02 Å². The zero-order chi connectivity index (χ0) is 14.1. The highest BCUT2D eigenvalue weighted by Crippen LogP contribution is 2.33. The Morgan fingerprint density at radius 3 is 3.15 bits per heavy atom. The smallest absolute Gasteiger partial charge is 0.298 e. The second-order valence-corrected chi connectivity index (χ2v) is 5.36. The number of nitrogens with one attached hydrogen (secondary N) is 1. The molecule has 0 aliphatic carbocycles. The molecule has 6 heteroatoms. The number of benzene rings is 1. The number of ether oxygens (including phenoxy) is 1. The van der Waals surface area contributed by atoms with E-state index in [1.54, 1.807) is 12.1 Å². The van der Waals surface area contributed by atoms with Gasteiger partial charge in [0.05, 0.1) is 6.61 Å². The van der Waals surface area contributed by atoms with Gasteiger partial charge in [0.15, 0.2) is 11.3 Å². The summed E-state index contributed by atoms with van der Waals surface area (Å²) in [5.41, 5.74) is 1.40. The van der Waals surface area contributed by atoms with E-state index >= 15 is 0 Å². The number of oxazole rings is 1. The molecule has 2 heterocycles. The van der Waals surface area contributed by atoms with Gasteiger partial charge in [0.2, 0.25) is 0 Å². The van der Waals surface area contributed by atoms with Gasteiger partial charge in [-0.15, -0.1) is 0 Å². The quantitative estimate of drug-likeness (QED) is 0.943. The van der Waals surface area contributed by atoms with Crippen molar-refractivity contribution < 1.29 is 9.15 Å². The Bertz CT molecular complexity index is 614. The lowest BCUT2D eigenvalue weighted by Crippen LogP contribution is -2.50. The fraction of sp³-hybridized carbons (Fsp3) is 0.500. The van der Waals surface area contributed by atoms with E-state index in [1.165, 1.54) is 0 Å². The molecule has 1 fully saturated rings. The number of aromatic nitrogens is 1. The molecule has 0 bridgehead atoms. The zero-order valence-corrected chi connectivity index (χ0v) is 12.4. The van der Waals surface area contributed by atoms with Crippen LogP contribution in [0, 0.1) is 0 Å². The molecule has 20 heavy (non-hydrogen) atoms. The molecule has 5 nitrogen and oxygen atoms in total. The second kappa shape index (κ2) is 5.50. The van der Waals surface area contributed by atoms with E-state index in [2.05, 4.69) is 22.1 Å². The summed E-state index contributed by atoms with van der Waals surface area (Å²) in [6.07, 6.45) is 0. The lowest BCUT2D eigenvalue weighted by atomic mass is 10.2. The number of halogens is 1. The van der Waals surface area contributed by atoms with E-state index in [9.17, 15) is 0 Å². The van der Waals surface area contributed by atoms with Crippen molar-refractivity contribution in [3.63, 3.8) is 0 Å². The Morgan fingerprint density at radius 1 is 1.55 bits per heavy atom. The molecular formula is C14H18ClN3O2. The van der Waals surface area contributed by atoms with Crippen LogP contribution in [0.4, 0.5) is 6.01 Å². The third-order valence-corrected chi connectivity index (χ3v) is 3.67. The molecule has 1 N–H and O–H groups in total. The minimum absolute atomic E-state index is 0.350. The van der Waals surface area contributed by atoms with Gasteiger partial charge in [0, 0.05) is 36.8 Å². The molecule has 1 atom stereocenters. The highest BCUT2D eigenvalue weighted by molar-refractivity contribution is 6.31. The number of piperazine rings is 1. The first-order valence-corrected chi connectivity index (χ1v) is 7.27. The van der Waals surface area contributed by atoms with E-state index in [4.69, 9.17) is 20.8 Å². The Morgan fingerprint density at radius 2 is 2.40 bits per heavy atom. The van der Waals surface area contributed by atoms with Crippen LogP contribution in [0.15, 0.2) is 16.5 Å². The molecule has 1 aliphatic heterocycles. The molecule has 0 spiro atoms. The van der Waals surface area contributed by atoms with Crippen LogP contribution in [-0.4, -0.2) is 37.3 Å². The van der Waals surface area contributed by atoms with Crippen LogP contribution in [0.25, 0.3) is 11.1 Å². The van der Waals surface area contributed by atoms with Crippen molar-refractivity contribution >= 4 is 28.7 Å². The van der Waals surface area contributed by atoms with Crippen LogP contribution < -0.4 is 15.0 Å². The largest absolute Gasteiger partial charge is 0.490 e. The minimum atomic E-state index is 0.350. The van der Waals surface area contributed by atoms with Crippen LogP contribution in [-0.2, 0) is 0 Å². The molecule has 1 aromatic carbocycles. The van der Waals surface area contributed by atoms with Gasteiger partial charge in [-0.2, -0.15) is 4.98 Å². The van der Waals surface area contributed by atoms with Crippen molar-refractivity contribution in [2.24, 2.45) is 0 Å². The number of nitrogens with zero attached hydrogens (tertiary/aromatic N) is 2. The first kappa shape index (κ1) is 13.5.